The highest BCUT2D eigenvalue weighted by Crippen LogP contribution is 2.16. The quantitative estimate of drug-likeness (QED) is 0.333. The van der Waals surface area contributed by atoms with Gasteiger partial charge in [-0.15, -0.1) is 24.0 Å². The normalized spacial score (nSPS) is 21.9. The molecule has 0 aliphatic carbocycles. The third-order valence-corrected chi connectivity index (χ3v) is 5.32. The molecule has 8 nitrogen and oxygen atoms in total. The molecule has 3 heterocycles. The lowest BCUT2D eigenvalue weighted by molar-refractivity contribution is -0.129. The Balaban J connectivity index is 0.00000320. The van der Waals surface area contributed by atoms with Gasteiger partial charge in [0.05, 0.1) is 19.3 Å². The molecule has 3 rings (SSSR count). The lowest BCUT2D eigenvalue weighted by Gasteiger charge is -2.32. The number of hydrogen-bond acceptors (Lipinski definition) is 5. The lowest BCUT2D eigenvalue weighted by Crippen LogP contribution is -2.45. The maximum atomic E-state index is 11.9. The van der Waals surface area contributed by atoms with Crippen molar-refractivity contribution in [3.05, 3.63) is 23.9 Å². The number of aliphatic imine (C=N–C) groups is 1. The molecule has 1 aromatic rings. The molecule has 2 atom stereocenters. The van der Waals surface area contributed by atoms with Gasteiger partial charge in [-0.05, 0) is 31.9 Å². The molecule has 168 valence electrons. The summed E-state index contributed by atoms with van der Waals surface area (Å²) in [7, 11) is 0. The number of likely N-dealkylation sites (tertiary alicyclic amines) is 1. The van der Waals surface area contributed by atoms with Crippen LogP contribution < -0.4 is 15.5 Å². The Bertz CT molecular complexity index is 699. The van der Waals surface area contributed by atoms with E-state index in [4.69, 9.17) is 9.73 Å². The molecule has 2 fully saturated rings. The molecule has 0 spiro atoms. The van der Waals surface area contributed by atoms with Gasteiger partial charge in [0.25, 0.3) is 0 Å². The summed E-state index contributed by atoms with van der Waals surface area (Å²) < 4.78 is 5.60. The molecule has 2 saturated heterocycles. The van der Waals surface area contributed by atoms with Gasteiger partial charge in [0.2, 0.25) is 5.91 Å². The first kappa shape index (κ1) is 24.6. The number of halogens is 1. The van der Waals surface area contributed by atoms with Gasteiger partial charge in [-0.1, -0.05) is 13.0 Å². The van der Waals surface area contributed by atoms with E-state index in [0.29, 0.717) is 13.0 Å². The van der Waals surface area contributed by atoms with Crippen LogP contribution >= 0.6 is 24.0 Å². The van der Waals surface area contributed by atoms with Gasteiger partial charge in [0, 0.05) is 51.4 Å². The van der Waals surface area contributed by atoms with Crippen LogP contribution in [0.3, 0.4) is 0 Å². The van der Waals surface area contributed by atoms with Crippen LogP contribution in [0.5, 0.6) is 0 Å². The van der Waals surface area contributed by atoms with Crippen molar-refractivity contribution >= 4 is 41.7 Å². The van der Waals surface area contributed by atoms with Crippen molar-refractivity contribution in [3.8, 4) is 0 Å². The van der Waals surface area contributed by atoms with Gasteiger partial charge in [-0.3, -0.25) is 4.79 Å². The number of carbonyl (C=O) groups excluding carboxylic acids is 1. The van der Waals surface area contributed by atoms with Gasteiger partial charge in [0.1, 0.15) is 5.82 Å². The van der Waals surface area contributed by atoms with E-state index in [1.54, 1.807) is 0 Å². The second-order valence-electron chi connectivity index (χ2n) is 7.67. The molecule has 30 heavy (non-hydrogen) atoms. The van der Waals surface area contributed by atoms with E-state index in [1.165, 1.54) is 0 Å². The maximum Gasteiger partial charge on any atom is 0.222 e. The van der Waals surface area contributed by atoms with Crippen LogP contribution in [0.4, 0.5) is 5.82 Å². The Morgan fingerprint density at radius 1 is 1.30 bits per heavy atom. The zero-order valence-corrected chi connectivity index (χ0v) is 20.6. The van der Waals surface area contributed by atoms with Gasteiger partial charge in [-0.25, -0.2) is 9.98 Å². The van der Waals surface area contributed by atoms with Crippen LogP contribution in [0.1, 0.15) is 39.2 Å². The molecular formula is C21H35IN6O2. The average molecular weight is 530 g/mol. The molecule has 2 aliphatic heterocycles. The Kier molecular flexibility index (Phi) is 10.1. The van der Waals surface area contributed by atoms with Crippen LogP contribution in [0, 0.1) is 0 Å². The van der Waals surface area contributed by atoms with Crippen molar-refractivity contribution in [3.63, 3.8) is 0 Å². The van der Waals surface area contributed by atoms with E-state index in [2.05, 4.69) is 46.5 Å². The molecule has 9 heteroatoms. The number of morpholine rings is 1. The number of guanidine groups is 1. The number of nitrogens with zero attached hydrogens (tertiary/aromatic N) is 4. The Hall–Kier alpha value is -1.62. The summed E-state index contributed by atoms with van der Waals surface area (Å²) in [6, 6.07) is 4.40. The fraction of sp³-hybridized carbons (Fsp3) is 0.667. The molecule has 0 radical (unpaired) electrons. The highest BCUT2D eigenvalue weighted by molar-refractivity contribution is 14.0. The van der Waals surface area contributed by atoms with E-state index in [1.807, 2.05) is 18.0 Å². The molecule has 0 saturated carbocycles. The summed E-state index contributed by atoms with van der Waals surface area (Å²) in [6.45, 7) is 11.5. The topological polar surface area (TPSA) is 82.1 Å². The third kappa shape index (κ3) is 6.97. The first-order valence-corrected chi connectivity index (χ1v) is 10.7. The van der Waals surface area contributed by atoms with Gasteiger partial charge >= 0.3 is 0 Å². The number of ether oxygens (including phenoxy) is 1. The number of rotatable bonds is 6. The summed E-state index contributed by atoms with van der Waals surface area (Å²) in [6.07, 6.45) is 3.65. The second kappa shape index (κ2) is 12.3. The largest absolute Gasteiger partial charge is 0.375 e. The number of amides is 1. The Morgan fingerprint density at radius 3 is 2.80 bits per heavy atom. The number of carbonyl (C=O) groups is 1. The van der Waals surface area contributed by atoms with Crippen LogP contribution in [-0.4, -0.2) is 73.2 Å². The van der Waals surface area contributed by atoms with Gasteiger partial charge < -0.3 is 25.2 Å². The second-order valence-corrected chi connectivity index (χ2v) is 7.67. The van der Waals surface area contributed by atoms with Gasteiger partial charge in [0.15, 0.2) is 5.96 Å². The smallest absolute Gasteiger partial charge is 0.222 e. The Labute approximate surface area is 196 Å². The third-order valence-electron chi connectivity index (χ3n) is 5.32. The summed E-state index contributed by atoms with van der Waals surface area (Å²) in [5.74, 6) is 2.00. The number of nitrogens with one attached hydrogen (secondary N) is 2. The average Bonchev–Trinajstić information content (AvgIpc) is 3.20. The van der Waals surface area contributed by atoms with Crippen LogP contribution in [0.25, 0.3) is 0 Å². The van der Waals surface area contributed by atoms with Crippen molar-refractivity contribution in [2.45, 2.75) is 52.3 Å². The zero-order chi connectivity index (χ0) is 20.6. The zero-order valence-electron chi connectivity index (χ0n) is 18.3. The van der Waals surface area contributed by atoms with Crippen molar-refractivity contribution in [2.75, 3.05) is 44.2 Å². The molecule has 2 unspecified atom stereocenters. The van der Waals surface area contributed by atoms with Crippen LogP contribution in [-0.2, 0) is 16.1 Å². The van der Waals surface area contributed by atoms with Crippen molar-refractivity contribution in [1.82, 2.24) is 20.5 Å². The van der Waals surface area contributed by atoms with Gasteiger partial charge in [-0.2, -0.15) is 0 Å². The van der Waals surface area contributed by atoms with Crippen LogP contribution in [0.15, 0.2) is 23.3 Å². The van der Waals surface area contributed by atoms with Crippen LogP contribution in [0.2, 0.25) is 0 Å². The van der Waals surface area contributed by atoms with E-state index >= 15 is 0 Å². The monoisotopic (exact) mass is 530 g/mol. The predicted molar refractivity (Wildman–Crippen MR) is 131 cm³/mol. The summed E-state index contributed by atoms with van der Waals surface area (Å²) in [5, 5.41) is 6.77. The maximum absolute atomic E-state index is 11.9. The number of pyridine rings is 1. The number of anilines is 1. The molecule has 2 N–H and O–H groups in total. The standard InChI is InChI=1S/C21H34N6O2.HI/c1-4-20(28)27-9-8-18(15-27)25-21(22-5-2)24-13-17-6-7-19(23-12-17)26-10-11-29-16(3)14-26;/h6-7,12,16,18H,4-5,8-11,13-15H2,1-3H3,(H2,22,24,25);1H. The van der Waals surface area contributed by atoms with E-state index < -0.39 is 0 Å². The van der Waals surface area contributed by atoms with E-state index in [0.717, 1.165) is 63.1 Å². The highest BCUT2D eigenvalue weighted by Gasteiger charge is 2.25. The molecule has 2 aliphatic rings. The minimum absolute atomic E-state index is 0. The Morgan fingerprint density at radius 2 is 2.13 bits per heavy atom. The molecule has 0 aromatic carbocycles. The lowest BCUT2D eigenvalue weighted by atomic mass is 10.2. The number of hydrogen-bond donors (Lipinski definition) is 2. The fourth-order valence-electron chi connectivity index (χ4n) is 3.74. The summed E-state index contributed by atoms with van der Waals surface area (Å²) >= 11 is 0. The summed E-state index contributed by atoms with van der Waals surface area (Å²) in [5.41, 5.74) is 1.07. The van der Waals surface area contributed by atoms with Crippen molar-refractivity contribution < 1.29 is 9.53 Å². The first-order chi connectivity index (χ1) is 14.1. The molecule has 1 aromatic heterocycles. The molecule has 1 amide bonds. The molecule has 0 bridgehead atoms. The molecular weight excluding hydrogens is 495 g/mol. The van der Waals surface area contributed by atoms with E-state index in [-0.39, 0.29) is 42.0 Å². The SMILES string of the molecule is CCNC(=NCc1ccc(N2CCOC(C)C2)nc1)NC1CCN(C(=O)CC)C1.I. The van der Waals surface area contributed by atoms with E-state index in [9.17, 15) is 4.79 Å². The highest BCUT2D eigenvalue weighted by atomic mass is 127. The first-order valence-electron chi connectivity index (χ1n) is 10.7. The van der Waals surface area contributed by atoms with Crippen molar-refractivity contribution in [2.24, 2.45) is 4.99 Å². The summed E-state index contributed by atoms with van der Waals surface area (Å²) in [4.78, 5) is 25.4. The number of aromatic nitrogens is 1. The fourth-order valence-corrected chi connectivity index (χ4v) is 3.74. The predicted octanol–water partition coefficient (Wildman–Crippen LogP) is 1.99. The van der Waals surface area contributed by atoms with Crippen molar-refractivity contribution in [1.29, 1.82) is 0 Å². The minimum Gasteiger partial charge on any atom is -0.375 e. The minimum atomic E-state index is 0.